The van der Waals surface area contributed by atoms with Gasteiger partial charge < -0.3 is 0 Å². The first-order valence-corrected chi connectivity index (χ1v) is 9.46. The van der Waals surface area contributed by atoms with Gasteiger partial charge in [0.1, 0.15) is 0 Å². The molecule has 1 aromatic heterocycles. The number of hydrogen-bond donors (Lipinski definition) is 1. The topological polar surface area (TPSA) is 59.1 Å². The fraction of sp³-hybridized carbons (Fsp3) is 0.357. The minimum atomic E-state index is -3.06. The monoisotopic (exact) mass is 310 g/mol. The lowest BCUT2D eigenvalue weighted by atomic mass is 10.1. The summed E-state index contributed by atoms with van der Waals surface area (Å²) < 4.78 is 24.3. The van der Waals surface area contributed by atoms with Gasteiger partial charge in [0.15, 0.2) is 0 Å². The van der Waals surface area contributed by atoms with Gasteiger partial charge >= 0.3 is 0 Å². The highest BCUT2D eigenvalue weighted by Gasteiger charge is 2.02. The summed E-state index contributed by atoms with van der Waals surface area (Å²) in [5.41, 5.74) is 2.28. The molecule has 0 radical (unpaired) electrons. The molecule has 6 heteroatoms. The average molecular weight is 310 g/mol. The van der Waals surface area contributed by atoms with Crippen LogP contribution in [0.25, 0.3) is 10.9 Å². The third-order valence-corrected chi connectivity index (χ3v) is 4.62. The van der Waals surface area contributed by atoms with Gasteiger partial charge in [-0.05, 0) is 23.8 Å². The van der Waals surface area contributed by atoms with E-state index >= 15 is 0 Å². The van der Waals surface area contributed by atoms with Crippen LogP contribution >= 0.6 is 11.8 Å². The number of hydrogen-bond acceptors (Lipinski definition) is 4. The molecule has 0 atom stereocenters. The molecule has 0 fully saturated rings. The van der Waals surface area contributed by atoms with Crippen molar-refractivity contribution in [2.75, 3.05) is 18.6 Å². The van der Waals surface area contributed by atoms with Crippen molar-refractivity contribution < 1.29 is 8.42 Å². The highest BCUT2D eigenvalue weighted by molar-refractivity contribution is 7.98. The number of nitrogens with zero attached hydrogens (tertiary/aromatic N) is 1. The second kappa shape index (κ2) is 7.06. The van der Waals surface area contributed by atoms with E-state index in [0.29, 0.717) is 6.54 Å². The van der Waals surface area contributed by atoms with E-state index in [4.69, 9.17) is 0 Å². The lowest BCUT2D eigenvalue weighted by Gasteiger charge is -2.06. The van der Waals surface area contributed by atoms with Gasteiger partial charge in [0.05, 0.1) is 11.8 Å². The van der Waals surface area contributed by atoms with Gasteiger partial charge in [-0.2, -0.15) is 11.8 Å². The number of para-hydroxylation sites is 1. The highest BCUT2D eigenvalue weighted by atomic mass is 32.2. The van der Waals surface area contributed by atoms with Gasteiger partial charge in [0, 0.05) is 23.9 Å². The Hall–Kier alpha value is -1.11. The van der Waals surface area contributed by atoms with E-state index < -0.39 is 10.0 Å². The molecule has 108 valence electrons. The van der Waals surface area contributed by atoms with Crippen LogP contribution in [0, 0.1) is 0 Å². The molecule has 0 saturated heterocycles. The number of aromatic nitrogens is 1. The Labute approximate surface area is 124 Å². The fourth-order valence-corrected chi connectivity index (χ4v) is 3.36. The number of sulfonamides is 1. The molecule has 0 amide bonds. The van der Waals surface area contributed by atoms with Crippen LogP contribution in [-0.2, 0) is 15.8 Å². The summed E-state index contributed by atoms with van der Waals surface area (Å²) >= 11 is 1.80. The predicted molar refractivity (Wildman–Crippen MR) is 85.4 cm³/mol. The largest absolute Gasteiger partial charge is 0.256 e. The van der Waals surface area contributed by atoms with Gasteiger partial charge in [-0.25, -0.2) is 13.1 Å². The number of thioether (sulfide) groups is 1. The molecular weight excluding hydrogens is 292 g/mol. The minimum absolute atomic E-state index is 0.500. The van der Waals surface area contributed by atoms with Gasteiger partial charge in [-0.3, -0.25) is 4.98 Å². The van der Waals surface area contributed by atoms with Crippen LogP contribution in [0.15, 0.2) is 36.5 Å². The summed E-state index contributed by atoms with van der Waals surface area (Å²) in [6.07, 6.45) is 3.82. The lowest BCUT2D eigenvalue weighted by molar-refractivity contribution is 0.587. The second-order valence-corrected chi connectivity index (χ2v) is 7.50. The van der Waals surface area contributed by atoms with Crippen molar-refractivity contribution in [2.24, 2.45) is 0 Å². The van der Waals surface area contributed by atoms with E-state index in [-0.39, 0.29) is 0 Å². The SMILES string of the molecule is CS(=O)(=O)NCCCSCc1cccc2cccnc12. The summed E-state index contributed by atoms with van der Waals surface area (Å²) in [6, 6.07) is 10.2. The second-order valence-electron chi connectivity index (χ2n) is 4.56. The Morgan fingerprint density at radius 1 is 1.25 bits per heavy atom. The predicted octanol–water partition coefficient (Wildman–Crippen LogP) is 2.41. The van der Waals surface area contributed by atoms with Crippen LogP contribution in [0.3, 0.4) is 0 Å². The summed E-state index contributed by atoms with van der Waals surface area (Å²) in [6.45, 7) is 0.500. The summed E-state index contributed by atoms with van der Waals surface area (Å²) in [4.78, 5) is 4.42. The molecule has 0 unspecified atom stereocenters. The normalized spacial score (nSPS) is 11.8. The van der Waals surface area contributed by atoms with E-state index in [2.05, 4.69) is 27.9 Å². The summed E-state index contributed by atoms with van der Waals surface area (Å²) in [5, 5.41) is 1.16. The van der Waals surface area contributed by atoms with E-state index in [1.807, 2.05) is 18.3 Å². The van der Waals surface area contributed by atoms with Crippen molar-refractivity contribution >= 4 is 32.7 Å². The molecule has 0 aliphatic rings. The van der Waals surface area contributed by atoms with Crippen molar-refractivity contribution in [1.82, 2.24) is 9.71 Å². The van der Waals surface area contributed by atoms with Crippen molar-refractivity contribution in [2.45, 2.75) is 12.2 Å². The third kappa shape index (κ3) is 4.77. The Balaban J connectivity index is 1.82. The highest BCUT2D eigenvalue weighted by Crippen LogP contribution is 2.21. The van der Waals surface area contributed by atoms with Crippen LogP contribution in [0.4, 0.5) is 0 Å². The van der Waals surface area contributed by atoms with E-state index in [1.54, 1.807) is 11.8 Å². The van der Waals surface area contributed by atoms with Crippen LogP contribution < -0.4 is 4.72 Å². The van der Waals surface area contributed by atoms with Crippen molar-refractivity contribution in [3.63, 3.8) is 0 Å². The van der Waals surface area contributed by atoms with E-state index in [0.717, 1.165) is 28.8 Å². The standard InChI is InChI=1S/C14H18N2O2S2/c1-20(17,18)16-9-4-10-19-11-13-6-2-5-12-7-3-8-15-14(12)13/h2-3,5-8,16H,4,9-11H2,1H3. The van der Waals surface area contributed by atoms with Crippen LogP contribution in [-0.4, -0.2) is 32.0 Å². The Kier molecular flexibility index (Phi) is 5.39. The molecule has 0 bridgehead atoms. The van der Waals surface area contributed by atoms with Gasteiger partial charge in [-0.1, -0.05) is 24.3 Å². The minimum Gasteiger partial charge on any atom is -0.256 e. The molecule has 1 aromatic carbocycles. The average Bonchev–Trinajstić information content (AvgIpc) is 2.41. The number of nitrogens with one attached hydrogen (secondary N) is 1. The maximum atomic E-state index is 10.9. The maximum absolute atomic E-state index is 10.9. The van der Waals surface area contributed by atoms with Crippen LogP contribution in [0.5, 0.6) is 0 Å². The Morgan fingerprint density at radius 2 is 2.05 bits per heavy atom. The molecule has 0 aliphatic heterocycles. The van der Waals surface area contributed by atoms with Crippen LogP contribution in [0.2, 0.25) is 0 Å². The van der Waals surface area contributed by atoms with Crippen LogP contribution in [0.1, 0.15) is 12.0 Å². The first kappa shape index (κ1) is 15.3. The lowest BCUT2D eigenvalue weighted by Crippen LogP contribution is -2.23. The Morgan fingerprint density at radius 3 is 2.85 bits per heavy atom. The van der Waals surface area contributed by atoms with Crippen molar-refractivity contribution in [1.29, 1.82) is 0 Å². The maximum Gasteiger partial charge on any atom is 0.208 e. The van der Waals surface area contributed by atoms with Gasteiger partial charge in [0.25, 0.3) is 0 Å². The third-order valence-electron chi connectivity index (χ3n) is 2.80. The zero-order valence-electron chi connectivity index (χ0n) is 11.4. The quantitative estimate of drug-likeness (QED) is 0.798. The van der Waals surface area contributed by atoms with Crippen molar-refractivity contribution in [3.8, 4) is 0 Å². The molecule has 2 aromatic rings. The number of pyridine rings is 1. The molecule has 0 spiro atoms. The van der Waals surface area contributed by atoms with Gasteiger partial charge in [0.2, 0.25) is 10.0 Å². The van der Waals surface area contributed by atoms with Crippen molar-refractivity contribution in [3.05, 3.63) is 42.1 Å². The molecule has 0 aliphatic carbocycles. The smallest absolute Gasteiger partial charge is 0.208 e. The Bertz CT molecular complexity index is 666. The number of fused-ring (bicyclic) bond motifs is 1. The number of rotatable bonds is 7. The number of benzene rings is 1. The zero-order chi connectivity index (χ0) is 14.4. The molecule has 0 saturated carbocycles. The molecule has 1 heterocycles. The first-order valence-electron chi connectivity index (χ1n) is 6.41. The molecule has 4 nitrogen and oxygen atoms in total. The molecule has 1 N–H and O–H groups in total. The molecular formula is C14H18N2O2S2. The first-order chi connectivity index (χ1) is 9.56. The summed E-state index contributed by atoms with van der Waals surface area (Å²) in [7, 11) is -3.06. The van der Waals surface area contributed by atoms with E-state index in [1.165, 1.54) is 11.8 Å². The molecule has 20 heavy (non-hydrogen) atoms. The van der Waals surface area contributed by atoms with Gasteiger partial charge in [-0.15, -0.1) is 0 Å². The fourth-order valence-electron chi connectivity index (χ4n) is 1.90. The summed E-state index contributed by atoms with van der Waals surface area (Å²) in [5.74, 6) is 1.82. The zero-order valence-corrected chi connectivity index (χ0v) is 13.0. The molecule has 2 rings (SSSR count). The van der Waals surface area contributed by atoms with E-state index in [9.17, 15) is 8.42 Å².